The summed E-state index contributed by atoms with van der Waals surface area (Å²) in [6.45, 7) is 2.17. The van der Waals surface area contributed by atoms with E-state index >= 15 is 0 Å². The van der Waals surface area contributed by atoms with Gasteiger partial charge in [0.15, 0.2) is 11.6 Å². The highest BCUT2D eigenvalue weighted by Gasteiger charge is 2.63. The number of aromatic nitrogens is 1. The minimum Gasteiger partial charge on any atom is -0.486 e. The number of nitrogens with one attached hydrogen (secondary N) is 1. The molecule has 1 heterocycles. The lowest BCUT2D eigenvalue weighted by Crippen LogP contribution is -2.29. The molecule has 0 aliphatic heterocycles. The molecule has 3 aromatic rings. The van der Waals surface area contributed by atoms with Crippen LogP contribution in [0.15, 0.2) is 48.5 Å². The number of nitrogens with zero attached hydrogens (tertiary/aromatic N) is 1. The number of aryl methyl sites for hydroxylation is 1. The smallest absolute Gasteiger partial charge is 0.310 e. The number of para-hydroxylation sites is 1. The van der Waals surface area contributed by atoms with E-state index in [1.165, 1.54) is 17.6 Å². The molecular weight excluding hydrogens is 415 g/mol. The second-order valence-electron chi connectivity index (χ2n) is 8.07. The minimum atomic E-state index is -1.34. The topological polar surface area (TPSA) is 109 Å². The molecule has 166 valence electrons. The molecule has 3 N–H and O–H groups in total. The van der Waals surface area contributed by atoms with Crippen molar-refractivity contribution in [2.75, 3.05) is 0 Å². The van der Waals surface area contributed by atoms with E-state index in [-0.39, 0.29) is 25.2 Å². The van der Waals surface area contributed by atoms with E-state index in [1.54, 1.807) is 6.07 Å². The summed E-state index contributed by atoms with van der Waals surface area (Å²) in [5.41, 5.74) is 3.27. The first-order valence-corrected chi connectivity index (χ1v) is 10.3. The SMILES string of the molecule is CCc1cc(COc2ccc(C[C@]3(C(=O)O)C[C@@H]3C(=O)NO)cc2F)c2ccccc2n1. The Kier molecular flexibility index (Phi) is 5.80. The van der Waals surface area contributed by atoms with Gasteiger partial charge in [0.2, 0.25) is 5.91 Å². The number of carboxylic acids is 1. The van der Waals surface area contributed by atoms with Crippen molar-refractivity contribution in [3.63, 3.8) is 0 Å². The van der Waals surface area contributed by atoms with E-state index in [1.807, 2.05) is 37.3 Å². The van der Waals surface area contributed by atoms with Crippen LogP contribution in [0.5, 0.6) is 5.75 Å². The largest absolute Gasteiger partial charge is 0.486 e. The Hall–Kier alpha value is -3.52. The first kappa shape index (κ1) is 21.7. The van der Waals surface area contributed by atoms with Crippen molar-refractivity contribution in [3.8, 4) is 5.75 Å². The second-order valence-corrected chi connectivity index (χ2v) is 8.07. The number of hydrogen-bond donors (Lipinski definition) is 3. The monoisotopic (exact) mass is 438 g/mol. The fourth-order valence-electron chi connectivity index (χ4n) is 4.13. The maximum Gasteiger partial charge on any atom is 0.310 e. The molecule has 0 radical (unpaired) electrons. The number of carbonyl (C=O) groups excluding carboxylic acids is 1. The fraction of sp³-hybridized carbons (Fsp3) is 0.292. The Balaban J connectivity index is 1.51. The summed E-state index contributed by atoms with van der Waals surface area (Å²) in [5, 5.41) is 19.3. The summed E-state index contributed by atoms with van der Waals surface area (Å²) in [5.74, 6) is -3.30. The number of amides is 1. The summed E-state index contributed by atoms with van der Waals surface area (Å²) < 4.78 is 20.5. The van der Waals surface area contributed by atoms with Crippen molar-refractivity contribution >= 4 is 22.8 Å². The van der Waals surface area contributed by atoms with Gasteiger partial charge >= 0.3 is 5.97 Å². The van der Waals surface area contributed by atoms with Gasteiger partial charge in [0.25, 0.3) is 0 Å². The van der Waals surface area contributed by atoms with Crippen LogP contribution in [0, 0.1) is 17.2 Å². The zero-order chi connectivity index (χ0) is 22.9. The zero-order valence-electron chi connectivity index (χ0n) is 17.5. The first-order chi connectivity index (χ1) is 15.4. The molecule has 2 aromatic carbocycles. The Morgan fingerprint density at radius 2 is 2.03 bits per heavy atom. The number of carbonyl (C=O) groups is 2. The molecule has 4 rings (SSSR count). The molecule has 0 unspecified atom stereocenters. The summed E-state index contributed by atoms with van der Waals surface area (Å²) in [4.78, 5) is 27.9. The van der Waals surface area contributed by atoms with Gasteiger partial charge in [-0.3, -0.25) is 19.8 Å². The number of benzene rings is 2. The average Bonchev–Trinajstić information content (AvgIpc) is 3.53. The number of fused-ring (bicyclic) bond motifs is 1. The number of aliphatic carboxylic acids is 1. The molecule has 1 fully saturated rings. The van der Waals surface area contributed by atoms with Gasteiger partial charge in [0.05, 0.1) is 16.8 Å². The van der Waals surface area contributed by atoms with Crippen LogP contribution in [0.4, 0.5) is 4.39 Å². The Bertz CT molecular complexity index is 1200. The molecule has 1 aliphatic rings. The van der Waals surface area contributed by atoms with Crippen molar-refractivity contribution in [2.24, 2.45) is 11.3 Å². The standard InChI is InChI=1S/C24H23FN2O5/c1-2-16-10-15(17-5-3-4-6-20(17)26-16)13-32-21-8-7-14(9-19(21)25)11-24(23(29)30)12-18(24)22(28)27-31/h3-10,18,31H,2,11-13H2,1H3,(H,27,28)(H,29,30)/t18-,24+/m1/s1. The number of hydrogen-bond acceptors (Lipinski definition) is 5. The number of rotatable bonds is 8. The summed E-state index contributed by atoms with van der Waals surface area (Å²) in [7, 11) is 0. The number of pyridine rings is 1. The van der Waals surface area contributed by atoms with Crippen LogP contribution in [0.1, 0.15) is 30.2 Å². The normalized spacial score (nSPS) is 19.5. The van der Waals surface area contributed by atoms with E-state index in [9.17, 15) is 19.1 Å². The lowest BCUT2D eigenvalue weighted by Gasteiger charge is -2.14. The molecule has 1 saturated carbocycles. The van der Waals surface area contributed by atoms with Crippen LogP contribution in [-0.2, 0) is 29.0 Å². The summed E-state index contributed by atoms with van der Waals surface area (Å²) in [6.07, 6.45) is 0.831. The Labute approximate surface area is 183 Å². The molecule has 2 atom stereocenters. The van der Waals surface area contributed by atoms with E-state index in [0.29, 0.717) is 5.56 Å². The van der Waals surface area contributed by atoms with Crippen LogP contribution in [0.2, 0.25) is 0 Å². The lowest BCUT2D eigenvalue weighted by atomic mass is 9.93. The summed E-state index contributed by atoms with van der Waals surface area (Å²) >= 11 is 0. The van der Waals surface area contributed by atoms with E-state index in [0.717, 1.165) is 28.6 Å². The molecule has 7 nitrogen and oxygen atoms in total. The molecule has 1 amide bonds. The average molecular weight is 438 g/mol. The summed E-state index contributed by atoms with van der Waals surface area (Å²) in [6, 6.07) is 13.9. The molecule has 8 heteroatoms. The quantitative estimate of drug-likeness (QED) is 0.366. The van der Waals surface area contributed by atoms with E-state index in [2.05, 4.69) is 4.98 Å². The van der Waals surface area contributed by atoms with Gasteiger partial charge in [-0.05, 0) is 49.1 Å². The minimum absolute atomic E-state index is 0.0214. The zero-order valence-corrected chi connectivity index (χ0v) is 17.5. The number of hydroxylamine groups is 1. The van der Waals surface area contributed by atoms with Gasteiger partial charge in [-0.15, -0.1) is 0 Å². The second kappa shape index (κ2) is 8.55. The van der Waals surface area contributed by atoms with Crippen molar-refractivity contribution in [3.05, 3.63) is 71.2 Å². The molecule has 0 saturated heterocycles. The molecule has 1 aromatic heterocycles. The van der Waals surface area contributed by atoms with Crippen molar-refractivity contribution in [1.29, 1.82) is 0 Å². The third-order valence-electron chi connectivity index (χ3n) is 6.04. The lowest BCUT2D eigenvalue weighted by molar-refractivity contribution is -0.146. The third-order valence-corrected chi connectivity index (χ3v) is 6.04. The van der Waals surface area contributed by atoms with Gasteiger partial charge in [0.1, 0.15) is 6.61 Å². The highest BCUT2D eigenvalue weighted by atomic mass is 19.1. The predicted molar refractivity (Wildman–Crippen MR) is 114 cm³/mol. The third kappa shape index (κ3) is 4.01. The number of carboxylic acid groups (broad SMARTS) is 1. The van der Waals surface area contributed by atoms with E-state index in [4.69, 9.17) is 9.94 Å². The van der Waals surface area contributed by atoms with Gasteiger partial charge in [-0.1, -0.05) is 31.2 Å². The van der Waals surface area contributed by atoms with Gasteiger partial charge in [0, 0.05) is 16.6 Å². The van der Waals surface area contributed by atoms with Gasteiger partial charge < -0.3 is 9.84 Å². The maximum atomic E-state index is 14.7. The number of halogens is 1. The van der Waals surface area contributed by atoms with Crippen LogP contribution >= 0.6 is 0 Å². The Morgan fingerprint density at radius 1 is 1.25 bits per heavy atom. The Morgan fingerprint density at radius 3 is 2.72 bits per heavy atom. The van der Waals surface area contributed by atoms with Gasteiger partial charge in [-0.2, -0.15) is 0 Å². The van der Waals surface area contributed by atoms with Crippen molar-refractivity contribution < 1.29 is 29.0 Å². The van der Waals surface area contributed by atoms with Crippen molar-refractivity contribution in [1.82, 2.24) is 10.5 Å². The molecule has 0 spiro atoms. The van der Waals surface area contributed by atoms with E-state index < -0.39 is 29.0 Å². The van der Waals surface area contributed by atoms with Crippen LogP contribution in [0.3, 0.4) is 0 Å². The highest BCUT2D eigenvalue weighted by Crippen LogP contribution is 2.55. The highest BCUT2D eigenvalue weighted by molar-refractivity contribution is 5.92. The predicted octanol–water partition coefficient (Wildman–Crippen LogP) is 3.65. The maximum absolute atomic E-state index is 14.7. The molecular formula is C24H23FN2O5. The van der Waals surface area contributed by atoms with Crippen LogP contribution in [-0.4, -0.2) is 27.2 Å². The first-order valence-electron chi connectivity index (χ1n) is 10.3. The molecule has 0 bridgehead atoms. The van der Waals surface area contributed by atoms with Crippen LogP contribution in [0.25, 0.3) is 10.9 Å². The van der Waals surface area contributed by atoms with Crippen LogP contribution < -0.4 is 10.2 Å². The van der Waals surface area contributed by atoms with Gasteiger partial charge in [-0.25, -0.2) is 9.87 Å². The van der Waals surface area contributed by atoms with Crippen molar-refractivity contribution in [2.45, 2.75) is 32.8 Å². The fourth-order valence-corrected chi connectivity index (χ4v) is 4.13. The number of ether oxygens (including phenoxy) is 1. The molecule has 32 heavy (non-hydrogen) atoms. The molecule has 1 aliphatic carbocycles.